The highest BCUT2D eigenvalue weighted by Gasteiger charge is 2.23. The number of nitrogens with one attached hydrogen (secondary N) is 1. The van der Waals surface area contributed by atoms with Crippen LogP contribution in [-0.2, 0) is 11.2 Å². The number of benzene rings is 3. The lowest BCUT2D eigenvalue weighted by Crippen LogP contribution is -2.42. The number of hydrogen-bond acceptors (Lipinski definition) is 5. The molecule has 0 aliphatic rings. The van der Waals surface area contributed by atoms with Crippen LogP contribution in [-0.4, -0.2) is 37.2 Å². The van der Waals surface area contributed by atoms with E-state index in [9.17, 15) is 20.0 Å². The van der Waals surface area contributed by atoms with Gasteiger partial charge in [0.15, 0.2) is 0 Å². The van der Waals surface area contributed by atoms with Crippen molar-refractivity contribution in [1.29, 1.82) is 5.26 Å². The molecule has 8 heteroatoms. The lowest BCUT2D eigenvalue weighted by molar-refractivity contribution is -0.139. The van der Waals surface area contributed by atoms with E-state index in [2.05, 4.69) is 27.3 Å². The molecule has 7 nitrogen and oxygen atoms in total. The molecule has 0 aliphatic carbocycles. The van der Waals surface area contributed by atoms with Gasteiger partial charge in [-0.15, -0.1) is 0 Å². The summed E-state index contributed by atoms with van der Waals surface area (Å²) in [5, 5.41) is 21.5. The zero-order valence-electron chi connectivity index (χ0n) is 18.9. The van der Waals surface area contributed by atoms with Gasteiger partial charge in [0.25, 0.3) is 5.91 Å². The average Bonchev–Trinajstić information content (AvgIpc) is 2.84. The van der Waals surface area contributed by atoms with Gasteiger partial charge in [-0.2, -0.15) is 5.26 Å². The van der Waals surface area contributed by atoms with Crippen molar-refractivity contribution in [2.24, 2.45) is 0 Å². The Morgan fingerprint density at radius 2 is 1.68 bits per heavy atom. The molecular formula is C26H23BrN2O5. The fraction of sp³-hybridized carbons (Fsp3) is 0.192. The minimum Gasteiger partial charge on any atom is -0.496 e. The summed E-state index contributed by atoms with van der Waals surface area (Å²) in [6, 6.07) is 16.8. The molecule has 3 aromatic rings. The lowest BCUT2D eigenvalue weighted by Gasteiger charge is -2.17. The molecule has 3 rings (SSSR count). The molecule has 0 bridgehead atoms. The molecule has 0 heterocycles. The molecule has 2 N–H and O–H groups in total. The summed E-state index contributed by atoms with van der Waals surface area (Å²) in [5.41, 5.74) is 3.87. The molecular weight excluding hydrogens is 500 g/mol. The molecule has 1 atom stereocenters. The molecule has 0 fully saturated rings. The van der Waals surface area contributed by atoms with Crippen molar-refractivity contribution >= 4 is 27.8 Å². The van der Waals surface area contributed by atoms with Gasteiger partial charge in [-0.1, -0.05) is 35.9 Å². The maximum absolute atomic E-state index is 12.7. The van der Waals surface area contributed by atoms with Gasteiger partial charge in [0.1, 0.15) is 17.5 Å². The fourth-order valence-electron chi connectivity index (χ4n) is 3.55. The normalized spacial score (nSPS) is 11.3. The van der Waals surface area contributed by atoms with Crippen molar-refractivity contribution in [2.45, 2.75) is 19.4 Å². The van der Waals surface area contributed by atoms with Crippen LogP contribution >= 0.6 is 15.9 Å². The Bertz CT molecular complexity index is 1240. The number of hydrogen-bond donors (Lipinski definition) is 2. The number of nitriles is 1. The third-order valence-electron chi connectivity index (χ3n) is 5.29. The van der Waals surface area contributed by atoms with Crippen LogP contribution in [0, 0.1) is 18.3 Å². The van der Waals surface area contributed by atoms with E-state index >= 15 is 0 Å². The van der Waals surface area contributed by atoms with Crippen LogP contribution in [0.1, 0.15) is 27.0 Å². The molecule has 1 amide bonds. The van der Waals surface area contributed by atoms with Crippen LogP contribution in [0.15, 0.2) is 59.1 Å². The number of aliphatic carboxylic acids is 1. The summed E-state index contributed by atoms with van der Waals surface area (Å²) in [6.45, 7) is 1.86. The van der Waals surface area contributed by atoms with Crippen LogP contribution in [0.2, 0.25) is 0 Å². The minimum atomic E-state index is -1.13. The monoisotopic (exact) mass is 522 g/mol. The molecule has 0 radical (unpaired) electrons. The Kier molecular flexibility index (Phi) is 7.92. The summed E-state index contributed by atoms with van der Waals surface area (Å²) < 4.78 is 11.5. The van der Waals surface area contributed by atoms with Gasteiger partial charge < -0.3 is 19.9 Å². The van der Waals surface area contributed by atoms with Crippen LogP contribution in [0.25, 0.3) is 11.1 Å². The van der Waals surface area contributed by atoms with Crippen molar-refractivity contribution in [3.8, 4) is 28.7 Å². The number of carbonyl (C=O) groups is 2. The van der Waals surface area contributed by atoms with Crippen LogP contribution in [0.4, 0.5) is 0 Å². The highest BCUT2D eigenvalue weighted by atomic mass is 79.9. The second-order valence-electron chi connectivity index (χ2n) is 7.62. The molecule has 34 heavy (non-hydrogen) atoms. The van der Waals surface area contributed by atoms with Gasteiger partial charge in [0.05, 0.1) is 37.0 Å². The topological polar surface area (TPSA) is 109 Å². The molecule has 0 aromatic heterocycles. The van der Waals surface area contributed by atoms with E-state index < -0.39 is 17.9 Å². The first-order chi connectivity index (χ1) is 16.3. The quantitative estimate of drug-likeness (QED) is 0.442. The van der Waals surface area contributed by atoms with Crippen LogP contribution < -0.4 is 14.8 Å². The van der Waals surface area contributed by atoms with E-state index in [-0.39, 0.29) is 6.42 Å². The number of aryl methyl sites for hydroxylation is 1. The first-order valence-electron chi connectivity index (χ1n) is 10.3. The molecule has 0 saturated heterocycles. The van der Waals surface area contributed by atoms with Crippen LogP contribution in [0.3, 0.4) is 0 Å². The summed E-state index contributed by atoms with van der Waals surface area (Å²) in [4.78, 5) is 24.6. The third-order valence-corrected chi connectivity index (χ3v) is 5.98. The van der Waals surface area contributed by atoms with Crippen LogP contribution in [0.5, 0.6) is 11.5 Å². The highest BCUT2D eigenvalue weighted by Crippen LogP contribution is 2.39. The van der Waals surface area contributed by atoms with Gasteiger partial charge in [0, 0.05) is 10.9 Å². The standard InChI is InChI=1S/C26H23BrN2O5/c1-15-4-9-20(27)19(10-15)25(30)29-21(26(31)32)11-16-5-7-18(8-6-16)24-22(33-2)12-17(14-28)13-23(24)34-3/h4-10,12-13,21H,11H2,1-3H3,(H,29,30)(H,31,32)/t21-/m0/s1. The van der Waals surface area contributed by atoms with E-state index in [1.165, 1.54) is 14.2 Å². The first kappa shape index (κ1) is 24.8. The zero-order chi connectivity index (χ0) is 24.8. The average molecular weight is 523 g/mol. The van der Waals surface area contributed by atoms with E-state index in [0.717, 1.165) is 16.7 Å². The molecule has 0 saturated carbocycles. The van der Waals surface area contributed by atoms with E-state index in [4.69, 9.17) is 9.47 Å². The Balaban J connectivity index is 1.84. The van der Waals surface area contributed by atoms with Crippen molar-refractivity contribution in [3.63, 3.8) is 0 Å². The fourth-order valence-corrected chi connectivity index (χ4v) is 3.98. The maximum atomic E-state index is 12.7. The predicted molar refractivity (Wildman–Crippen MR) is 131 cm³/mol. The third kappa shape index (κ3) is 5.56. The van der Waals surface area contributed by atoms with Crippen molar-refractivity contribution in [3.05, 3.63) is 81.3 Å². The number of carboxylic acid groups (broad SMARTS) is 1. The Hall–Kier alpha value is -3.83. The van der Waals surface area contributed by atoms with Gasteiger partial charge in [-0.25, -0.2) is 4.79 Å². The number of rotatable bonds is 8. The minimum absolute atomic E-state index is 0.104. The lowest BCUT2D eigenvalue weighted by atomic mass is 9.98. The summed E-state index contributed by atoms with van der Waals surface area (Å²) >= 11 is 3.34. The van der Waals surface area contributed by atoms with E-state index in [1.807, 2.05) is 25.1 Å². The Morgan fingerprint density at radius 3 is 2.21 bits per heavy atom. The molecule has 174 valence electrons. The largest absolute Gasteiger partial charge is 0.496 e. The first-order valence-corrected chi connectivity index (χ1v) is 11.1. The van der Waals surface area contributed by atoms with E-state index in [1.54, 1.807) is 36.4 Å². The molecule has 0 unspecified atom stereocenters. The SMILES string of the molecule is COc1cc(C#N)cc(OC)c1-c1ccc(C[C@H](NC(=O)c2cc(C)ccc2Br)C(=O)O)cc1. The second kappa shape index (κ2) is 10.9. The van der Waals surface area contributed by atoms with Crippen molar-refractivity contribution < 1.29 is 24.2 Å². The number of carbonyl (C=O) groups excluding carboxylic acids is 1. The second-order valence-corrected chi connectivity index (χ2v) is 8.47. The van der Waals surface area contributed by atoms with Gasteiger partial charge in [-0.3, -0.25) is 4.79 Å². The van der Waals surface area contributed by atoms with Crippen molar-refractivity contribution in [1.82, 2.24) is 5.32 Å². The molecule has 0 spiro atoms. The van der Waals surface area contributed by atoms with Gasteiger partial charge >= 0.3 is 5.97 Å². The Labute approximate surface area is 206 Å². The molecule has 0 aliphatic heterocycles. The maximum Gasteiger partial charge on any atom is 0.326 e. The number of nitrogens with zero attached hydrogens (tertiary/aromatic N) is 1. The number of methoxy groups -OCH3 is 2. The number of ether oxygens (including phenoxy) is 2. The summed E-state index contributed by atoms with van der Waals surface area (Å²) in [7, 11) is 3.03. The zero-order valence-corrected chi connectivity index (χ0v) is 20.5. The summed E-state index contributed by atoms with van der Waals surface area (Å²) in [6.07, 6.45) is 0.104. The summed E-state index contributed by atoms with van der Waals surface area (Å²) in [5.74, 6) is -0.616. The van der Waals surface area contributed by atoms with Gasteiger partial charge in [-0.05, 0) is 58.2 Å². The highest BCUT2D eigenvalue weighted by molar-refractivity contribution is 9.10. The molecule has 3 aromatic carbocycles. The van der Waals surface area contributed by atoms with Gasteiger partial charge in [0.2, 0.25) is 0 Å². The van der Waals surface area contributed by atoms with E-state index in [0.29, 0.717) is 32.7 Å². The smallest absolute Gasteiger partial charge is 0.326 e. The number of carboxylic acids is 1. The Morgan fingerprint density at radius 1 is 1.06 bits per heavy atom. The predicted octanol–water partition coefficient (Wildman–Crippen LogP) is 4.74. The number of halogens is 1. The number of amides is 1. The van der Waals surface area contributed by atoms with Crippen molar-refractivity contribution in [2.75, 3.05) is 14.2 Å².